The first-order valence-corrected chi connectivity index (χ1v) is 12.9. The minimum Gasteiger partial charge on any atom is -0.463 e. The Bertz CT molecular complexity index is 1000. The molecule has 0 amide bonds. The summed E-state index contributed by atoms with van der Waals surface area (Å²) in [5.41, 5.74) is -0.437. The van der Waals surface area contributed by atoms with Gasteiger partial charge in [0.1, 0.15) is 0 Å². The standard InChI is InChI=1S/C22H29FN2O5S2/c1-5-30-20(27)22(23,12-18-13-31-15-25-18)19(26)11-17(10-16-6-8-24-9-7-16)14-32(28,29)21(2,3)4/h6-9,13,15,17H,5,10-12,14H2,1-4H3/t17-,22?/m1/s1. The number of hydrogen-bond acceptors (Lipinski definition) is 8. The number of sulfone groups is 1. The lowest BCUT2D eigenvalue weighted by Gasteiger charge is -2.26. The van der Waals surface area contributed by atoms with Crippen LogP contribution in [-0.4, -0.2) is 52.9 Å². The second kappa shape index (κ2) is 10.6. The number of aromatic nitrogens is 2. The fraction of sp³-hybridized carbons (Fsp3) is 0.545. The van der Waals surface area contributed by atoms with Gasteiger partial charge in [-0.25, -0.2) is 22.6 Å². The molecule has 2 heterocycles. The highest BCUT2D eigenvalue weighted by atomic mass is 32.2. The highest BCUT2D eigenvalue weighted by molar-refractivity contribution is 7.92. The van der Waals surface area contributed by atoms with Crippen molar-refractivity contribution >= 4 is 32.9 Å². The van der Waals surface area contributed by atoms with Gasteiger partial charge in [0.05, 0.1) is 28.3 Å². The van der Waals surface area contributed by atoms with Gasteiger partial charge in [-0.1, -0.05) is 0 Å². The summed E-state index contributed by atoms with van der Waals surface area (Å²) >= 11 is 1.22. The Balaban J connectivity index is 2.34. The molecule has 0 aliphatic heterocycles. The highest BCUT2D eigenvalue weighted by Crippen LogP contribution is 2.28. The predicted octanol–water partition coefficient (Wildman–Crippen LogP) is 3.38. The maximum absolute atomic E-state index is 15.9. The Morgan fingerprint density at radius 3 is 2.41 bits per heavy atom. The normalized spacial score (nSPS) is 15.0. The largest absolute Gasteiger partial charge is 0.463 e. The van der Waals surface area contributed by atoms with Crippen LogP contribution in [0.3, 0.4) is 0 Å². The van der Waals surface area contributed by atoms with E-state index in [-0.39, 0.29) is 24.5 Å². The molecule has 2 aromatic heterocycles. The summed E-state index contributed by atoms with van der Waals surface area (Å²) in [5, 5.41) is 1.55. The third-order valence-corrected chi connectivity index (χ3v) is 8.50. The number of hydrogen-bond donors (Lipinski definition) is 0. The third-order valence-electron chi connectivity index (χ3n) is 5.09. The van der Waals surface area contributed by atoms with Gasteiger partial charge in [-0.2, -0.15) is 0 Å². The molecule has 1 unspecified atom stereocenters. The van der Waals surface area contributed by atoms with Crippen molar-refractivity contribution in [3.05, 3.63) is 46.7 Å². The average Bonchev–Trinajstić information content (AvgIpc) is 3.20. The Hall–Kier alpha value is -2.20. The summed E-state index contributed by atoms with van der Waals surface area (Å²) in [7, 11) is -3.61. The molecule has 2 aromatic rings. The number of ether oxygens (including phenoxy) is 1. The first kappa shape index (κ1) is 26.1. The summed E-state index contributed by atoms with van der Waals surface area (Å²) in [5.74, 6) is -3.33. The lowest BCUT2D eigenvalue weighted by atomic mass is 9.87. The Morgan fingerprint density at radius 1 is 1.22 bits per heavy atom. The van der Waals surface area contributed by atoms with Gasteiger partial charge in [-0.05, 0) is 57.7 Å². The first-order chi connectivity index (χ1) is 14.9. The smallest absolute Gasteiger partial charge is 0.352 e. The van der Waals surface area contributed by atoms with E-state index in [2.05, 4.69) is 9.97 Å². The van der Waals surface area contributed by atoms with Gasteiger partial charge >= 0.3 is 5.97 Å². The van der Waals surface area contributed by atoms with Crippen LogP contribution in [0.1, 0.15) is 45.4 Å². The van der Waals surface area contributed by atoms with Gasteiger partial charge in [-0.15, -0.1) is 11.3 Å². The summed E-state index contributed by atoms with van der Waals surface area (Å²) < 4.78 is 45.4. The molecular formula is C22H29FN2O5S2. The van der Waals surface area contributed by atoms with Crippen LogP contribution in [0.4, 0.5) is 4.39 Å². The van der Waals surface area contributed by atoms with Crippen molar-refractivity contribution in [2.24, 2.45) is 5.92 Å². The monoisotopic (exact) mass is 484 g/mol. The zero-order chi connectivity index (χ0) is 24.0. The maximum atomic E-state index is 15.9. The van der Waals surface area contributed by atoms with Gasteiger partial charge in [0.2, 0.25) is 0 Å². The van der Waals surface area contributed by atoms with Crippen LogP contribution in [0, 0.1) is 5.92 Å². The van der Waals surface area contributed by atoms with E-state index in [4.69, 9.17) is 4.74 Å². The van der Waals surface area contributed by atoms with Crippen LogP contribution >= 0.6 is 11.3 Å². The van der Waals surface area contributed by atoms with Gasteiger partial charge in [0, 0.05) is 30.6 Å². The summed E-state index contributed by atoms with van der Waals surface area (Å²) in [4.78, 5) is 33.5. The number of rotatable bonds is 11. The molecule has 0 aromatic carbocycles. The van der Waals surface area contributed by atoms with E-state index in [1.165, 1.54) is 23.8 Å². The number of nitrogens with zero attached hydrogens (tertiary/aromatic N) is 2. The van der Waals surface area contributed by atoms with E-state index in [0.29, 0.717) is 0 Å². The molecule has 176 valence electrons. The van der Waals surface area contributed by atoms with Crippen LogP contribution in [0.25, 0.3) is 0 Å². The summed E-state index contributed by atoms with van der Waals surface area (Å²) in [6.45, 7) is 6.16. The molecule has 0 saturated heterocycles. The number of pyridine rings is 1. The average molecular weight is 485 g/mol. The van der Waals surface area contributed by atoms with Gasteiger partial charge in [-0.3, -0.25) is 9.78 Å². The number of halogens is 1. The minimum absolute atomic E-state index is 0.0896. The lowest BCUT2D eigenvalue weighted by molar-refractivity contribution is -0.162. The molecule has 0 spiro atoms. The molecule has 0 bridgehead atoms. The fourth-order valence-electron chi connectivity index (χ4n) is 3.13. The van der Waals surface area contributed by atoms with Crippen LogP contribution in [0.2, 0.25) is 0 Å². The van der Waals surface area contributed by atoms with Gasteiger partial charge in [0.25, 0.3) is 5.67 Å². The van der Waals surface area contributed by atoms with Crippen molar-refractivity contribution in [3.8, 4) is 0 Å². The van der Waals surface area contributed by atoms with E-state index in [1.54, 1.807) is 50.7 Å². The lowest BCUT2D eigenvalue weighted by Crippen LogP contribution is -2.47. The van der Waals surface area contributed by atoms with Crippen molar-refractivity contribution in [2.45, 2.75) is 57.4 Å². The SMILES string of the molecule is CCOC(=O)C(F)(Cc1cscn1)C(=O)C[C@@H](Cc1ccncc1)CS(=O)(=O)C(C)(C)C. The molecule has 10 heteroatoms. The van der Waals surface area contributed by atoms with Crippen molar-refractivity contribution in [1.82, 2.24) is 9.97 Å². The Kier molecular flexibility index (Phi) is 8.64. The second-order valence-electron chi connectivity index (χ2n) is 8.62. The number of alkyl halides is 1. The van der Waals surface area contributed by atoms with Crippen LogP contribution in [-0.2, 0) is 37.0 Å². The second-order valence-corrected chi connectivity index (χ2v) is 12.1. The molecule has 0 aliphatic rings. The number of thiazole rings is 1. The minimum atomic E-state index is -3.61. The number of esters is 1. The molecule has 0 radical (unpaired) electrons. The predicted molar refractivity (Wildman–Crippen MR) is 121 cm³/mol. The van der Waals surface area contributed by atoms with Crippen LogP contribution in [0.5, 0.6) is 0 Å². The topological polar surface area (TPSA) is 103 Å². The quantitative estimate of drug-likeness (QED) is 0.356. The molecule has 7 nitrogen and oxygen atoms in total. The van der Waals surface area contributed by atoms with E-state index in [1.807, 2.05) is 0 Å². The highest BCUT2D eigenvalue weighted by Gasteiger charge is 2.49. The molecule has 2 atom stereocenters. The molecule has 0 N–H and O–H groups in total. The van der Waals surface area contributed by atoms with E-state index in [9.17, 15) is 18.0 Å². The zero-order valence-corrected chi connectivity index (χ0v) is 20.3. The first-order valence-electron chi connectivity index (χ1n) is 10.3. The molecule has 0 aliphatic carbocycles. The van der Waals surface area contributed by atoms with Crippen molar-refractivity contribution in [1.29, 1.82) is 0 Å². The number of ketones is 1. The molecular weight excluding hydrogens is 455 g/mol. The molecule has 32 heavy (non-hydrogen) atoms. The molecule has 0 fully saturated rings. The third kappa shape index (κ3) is 6.65. The van der Waals surface area contributed by atoms with E-state index >= 15 is 4.39 Å². The maximum Gasteiger partial charge on any atom is 0.352 e. The Morgan fingerprint density at radius 2 is 1.88 bits per heavy atom. The van der Waals surface area contributed by atoms with Crippen molar-refractivity contribution in [3.63, 3.8) is 0 Å². The summed E-state index contributed by atoms with van der Waals surface area (Å²) in [6, 6.07) is 3.43. The molecule has 0 saturated carbocycles. The van der Waals surface area contributed by atoms with Gasteiger partial charge < -0.3 is 4.74 Å². The Labute approximate surface area is 192 Å². The van der Waals surface area contributed by atoms with Gasteiger partial charge in [0.15, 0.2) is 15.6 Å². The fourth-order valence-corrected chi connectivity index (χ4v) is 5.05. The summed E-state index contributed by atoms with van der Waals surface area (Å²) in [6.07, 6.45) is 2.36. The van der Waals surface area contributed by atoms with Crippen molar-refractivity contribution in [2.75, 3.05) is 12.4 Å². The number of carbonyl (C=O) groups excluding carboxylic acids is 2. The van der Waals surface area contributed by atoms with Crippen LogP contribution in [0.15, 0.2) is 35.4 Å². The number of Topliss-reactive ketones (excluding diaryl/α,β-unsaturated/α-hetero) is 1. The van der Waals surface area contributed by atoms with E-state index < -0.39 is 50.8 Å². The van der Waals surface area contributed by atoms with Crippen molar-refractivity contribution < 1.29 is 27.1 Å². The van der Waals surface area contributed by atoms with Crippen LogP contribution < -0.4 is 0 Å². The zero-order valence-electron chi connectivity index (χ0n) is 18.7. The van der Waals surface area contributed by atoms with E-state index in [0.717, 1.165) is 5.56 Å². The number of carbonyl (C=O) groups is 2. The molecule has 2 rings (SSSR count).